The van der Waals surface area contributed by atoms with E-state index >= 15 is 0 Å². The van der Waals surface area contributed by atoms with Crippen molar-refractivity contribution in [1.29, 1.82) is 0 Å². The van der Waals surface area contributed by atoms with Crippen LogP contribution in [-0.4, -0.2) is 63.7 Å². The Labute approximate surface area is 203 Å². The highest BCUT2D eigenvalue weighted by Gasteiger charge is 2.45. The molecule has 5 nitrogen and oxygen atoms in total. The van der Waals surface area contributed by atoms with Gasteiger partial charge < -0.3 is 20.7 Å². The summed E-state index contributed by atoms with van der Waals surface area (Å²) in [6, 6.07) is 0. The highest BCUT2D eigenvalue weighted by molar-refractivity contribution is 8.17. The maximum atomic E-state index is 13.4. The van der Waals surface area contributed by atoms with Gasteiger partial charge in [0.05, 0.1) is 9.83 Å². The van der Waals surface area contributed by atoms with Crippen LogP contribution in [0.2, 0.25) is 5.82 Å². The van der Waals surface area contributed by atoms with Crippen LogP contribution in [0.4, 0.5) is 0 Å². The van der Waals surface area contributed by atoms with Crippen molar-refractivity contribution in [2.24, 2.45) is 35.3 Å². The fourth-order valence-corrected chi connectivity index (χ4v) is 10.2. The minimum Gasteiger partial charge on any atom is -0.427 e. The summed E-state index contributed by atoms with van der Waals surface area (Å²) in [5.74, 6) is 3.73. The van der Waals surface area contributed by atoms with E-state index < -0.39 is 7.12 Å². The second-order valence-electron chi connectivity index (χ2n) is 10.9. The monoisotopic (exact) mass is 482 g/mol. The Morgan fingerprint density at radius 1 is 1.00 bits per heavy atom. The van der Waals surface area contributed by atoms with Gasteiger partial charge in [0.15, 0.2) is 0 Å². The van der Waals surface area contributed by atoms with Gasteiger partial charge in [-0.05, 0) is 86.7 Å². The van der Waals surface area contributed by atoms with Gasteiger partial charge in [0.1, 0.15) is 0 Å². The third-order valence-electron chi connectivity index (χ3n) is 9.10. The second-order valence-corrected chi connectivity index (χ2v) is 13.5. The summed E-state index contributed by atoms with van der Waals surface area (Å²) in [7, 11) is -1.19. The molecule has 0 aromatic heterocycles. The Kier molecular flexibility index (Phi) is 9.22. The predicted octanol–water partition coefficient (Wildman–Crippen LogP) is 3.83. The van der Waals surface area contributed by atoms with Crippen molar-refractivity contribution in [3.05, 3.63) is 0 Å². The normalized spacial score (nSPS) is 39.2. The summed E-state index contributed by atoms with van der Waals surface area (Å²) < 4.78 is 0.455. The molecular weight excluding hydrogens is 439 g/mol. The number of likely N-dealkylation sites (tertiary alicyclic amines) is 1. The zero-order valence-corrected chi connectivity index (χ0v) is 21.4. The smallest absolute Gasteiger partial charge is 0.427 e. The lowest BCUT2D eigenvalue weighted by Crippen LogP contribution is -2.44. The van der Waals surface area contributed by atoms with Gasteiger partial charge in [-0.2, -0.15) is 11.8 Å². The Morgan fingerprint density at radius 2 is 1.72 bits per heavy atom. The Balaban J connectivity index is 1.29. The molecule has 7 unspecified atom stereocenters. The average Bonchev–Trinajstić information content (AvgIpc) is 3.28. The maximum Gasteiger partial charge on any atom is 0.454 e. The van der Waals surface area contributed by atoms with Crippen LogP contribution >= 0.6 is 23.5 Å². The number of piperidine rings is 1. The molecule has 0 bridgehead atoms. The number of nitrogens with zero attached hydrogens (tertiary/aromatic N) is 1. The summed E-state index contributed by atoms with van der Waals surface area (Å²) in [6.07, 6.45) is 14.8. The molecule has 32 heavy (non-hydrogen) atoms. The third kappa shape index (κ3) is 5.84. The van der Waals surface area contributed by atoms with E-state index in [-0.39, 0.29) is 11.1 Å². The molecule has 8 heteroatoms. The minimum absolute atomic E-state index is 0.00805. The van der Waals surface area contributed by atoms with Gasteiger partial charge in [-0.1, -0.05) is 32.1 Å². The number of hydrogen-bond acceptors (Lipinski definition) is 6. The molecule has 2 saturated carbocycles. The largest absolute Gasteiger partial charge is 0.454 e. The number of carbonyl (C=O) groups is 1. The van der Waals surface area contributed by atoms with Gasteiger partial charge in [-0.25, -0.2) is 0 Å². The van der Waals surface area contributed by atoms with E-state index in [0.29, 0.717) is 22.3 Å². The first-order valence-electron chi connectivity index (χ1n) is 13.0. The van der Waals surface area contributed by atoms with E-state index in [4.69, 9.17) is 5.73 Å². The van der Waals surface area contributed by atoms with Crippen LogP contribution in [0.5, 0.6) is 0 Å². The Bertz CT molecular complexity index is 620. The number of rotatable bonds is 6. The molecular formula is C24H43BN2O3S2. The number of hydrogen-bond donors (Lipinski definition) is 3. The van der Waals surface area contributed by atoms with Crippen molar-refractivity contribution < 1.29 is 14.8 Å². The van der Waals surface area contributed by atoms with E-state index in [9.17, 15) is 14.8 Å². The minimum atomic E-state index is -1.19. The van der Waals surface area contributed by atoms with Crippen LogP contribution in [0.3, 0.4) is 0 Å². The van der Waals surface area contributed by atoms with Crippen LogP contribution in [0, 0.1) is 29.6 Å². The molecule has 2 heterocycles. The molecule has 0 radical (unpaired) electrons. The molecule has 4 fully saturated rings. The van der Waals surface area contributed by atoms with Crippen molar-refractivity contribution in [2.45, 2.75) is 86.3 Å². The van der Waals surface area contributed by atoms with Gasteiger partial charge >= 0.3 is 7.12 Å². The molecule has 4 N–H and O–H groups in total. The lowest BCUT2D eigenvalue weighted by molar-refractivity contribution is -0.132. The number of amides is 1. The van der Waals surface area contributed by atoms with Crippen LogP contribution < -0.4 is 5.73 Å². The van der Waals surface area contributed by atoms with E-state index in [2.05, 4.69) is 11.2 Å². The molecule has 0 aromatic carbocycles. The topological polar surface area (TPSA) is 86.8 Å². The quantitative estimate of drug-likeness (QED) is 0.499. The average molecular weight is 483 g/mol. The molecule has 0 spiro atoms. The van der Waals surface area contributed by atoms with Crippen molar-refractivity contribution in [3.8, 4) is 0 Å². The number of thioether (sulfide) groups is 2. The molecule has 182 valence electrons. The third-order valence-corrected chi connectivity index (χ3v) is 12.2. The fraction of sp³-hybridized carbons (Fsp3) is 0.958. The van der Waals surface area contributed by atoms with E-state index in [1.807, 2.05) is 23.5 Å². The molecule has 2 saturated heterocycles. The maximum absolute atomic E-state index is 13.4. The summed E-state index contributed by atoms with van der Waals surface area (Å²) in [6.45, 7) is 2.70. The molecule has 0 aromatic rings. The summed E-state index contributed by atoms with van der Waals surface area (Å²) >= 11 is 3.78. The molecule has 4 rings (SSSR count). The van der Waals surface area contributed by atoms with Crippen LogP contribution in [0.25, 0.3) is 0 Å². The van der Waals surface area contributed by atoms with E-state index in [1.54, 1.807) is 0 Å². The SMILES string of the molecule is CSC1SC(C(=O)N2CCC(C3CCCC(CN)C3)CC2)CC1C1CCCC(B(O)O)C1. The first-order valence-corrected chi connectivity index (χ1v) is 15.3. The molecule has 4 aliphatic rings. The molecule has 7 atom stereocenters. The van der Waals surface area contributed by atoms with Crippen LogP contribution in [0.15, 0.2) is 0 Å². The zero-order chi connectivity index (χ0) is 22.7. The first kappa shape index (κ1) is 25.2. The lowest BCUT2D eigenvalue weighted by Gasteiger charge is -2.40. The summed E-state index contributed by atoms with van der Waals surface area (Å²) in [4.78, 5) is 15.6. The number of carbonyl (C=O) groups excluding carboxylic acids is 1. The van der Waals surface area contributed by atoms with Gasteiger partial charge in [0.2, 0.25) is 5.91 Å². The highest BCUT2D eigenvalue weighted by atomic mass is 32.2. The van der Waals surface area contributed by atoms with E-state index in [1.165, 1.54) is 44.9 Å². The molecule has 1 amide bonds. The standard InChI is InChI=1S/C24H43BN2O3S2/c1-31-24-21(19-6-3-7-20(13-19)25(29)30)14-22(32-24)23(28)27-10-8-17(9-11-27)18-5-2-4-16(12-18)15-26/h16-22,24,29-30H,2-15,26H2,1H3. The molecule has 2 aliphatic heterocycles. The summed E-state index contributed by atoms with van der Waals surface area (Å²) in [5, 5.41) is 19.5. The van der Waals surface area contributed by atoms with Gasteiger partial charge in [0, 0.05) is 13.1 Å². The molecule has 2 aliphatic carbocycles. The first-order chi connectivity index (χ1) is 15.5. The van der Waals surface area contributed by atoms with E-state index in [0.717, 1.165) is 63.1 Å². The summed E-state index contributed by atoms with van der Waals surface area (Å²) in [5.41, 5.74) is 5.95. The zero-order valence-electron chi connectivity index (χ0n) is 19.7. The van der Waals surface area contributed by atoms with Crippen molar-refractivity contribution >= 4 is 36.5 Å². The van der Waals surface area contributed by atoms with Gasteiger partial charge in [-0.3, -0.25) is 4.79 Å². The van der Waals surface area contributed by atoms with Crippen LogP contribution in [-0.2, 0) is 4.79 Å². The van der Waals surface area contributed by atoms with Crippen molar-refractivity contribution in [2.75, 3.05) is 25.9 Å². The Hall–Kier alpha value is 0.115. The highest BCUT2D eigenvalue weighted by Crippen LogP contribution is 2.52. The fourth-order valence-electron chi connectivity index (χ4n) is 7.18. The Morgan fingerprint density at radius 3 is 2.41 bits per heavy atom. The van der Waals surface area contributed by atoms with Gasteiger partial charge in [-0.15, -0.1) is 11.8 Å². The number of nitrogens with two attached hydrogens (primary N) is 1. The van der Waals surface area contributed by atoms with Crippen LogP contribution in [0.1, 0.15) is 70.6 Å². The second kappa shape index (κ2) is 11.7. The van der Waals surface area contributed by atoms with Gasteiger partial charge in [0.25, 0.3) is 0 Å². The van der Waals surface area contributed by atoms with Crippen molar-refractivity contribution in [3.63, 3.8) is 0 Å². The lowest BCUT2D eigenvalue weighted by atomic mass is 9.60. The van der Waals surface area contributed by atoms with Crippen molar-refractivity contribution in [1.82, 2.24) is 4.90 Å². The predicted molar refractivity (Wildman–Crippen MR) is 136 cm³/mol.